The Balaban J connectivity index is 1.36. The molecule has 2 heterocycles. The van der Waals surface area contributed by atoms with Crippen LogP contribution in [0.5, 0.6) is 0 Å². The van der Waals surface area contributed by atoms with E-state index < -0.39 is 23.3 Å². The molecular weight excluding hydrogens is 665 g/mol. The molecule has 3 fully saturated rings. The molecular formula is C45H58N2O6. The predicted octanol–water partition coefficient (Wildman–Crippen LogP) is 6.01. The summed E-state index contributed by atoms with van der Waals surface area (Å²) in [5.41, 5.74) is 11.6. The number of nitrogens with one attached hydrogen (secondary N) is 1. The second kappa shape index (κ2) is 16.8. The lowest BCUT2D eigenvalue weighted by atomic mass is 9.45. The molecule has 1 spiro atoms. The van der Waals surface area contributed by atoms with Crippen molar-refractivity contribution in [1.82, 2.24) is 5.32 Å². The van der Waals surface area contributed by atoms with Gasteiger partial charge in [-0.2, -0.15) is 0 Å². The summed E-state index contributed by atoms with van der Waals surface area (Å²) in [5, 5.41) is 38.5. The average molecular weight is 723 g/mol. The topological polar surface area (TPSA) is 142 Å². The van der Waals surface area contributed by atoms with E-state index in [0.717, 1.165) is 59.1 Å². The summed E-state index contributed by atoms with van der Waals surface area (Å²) in [4.78, 5) is 26.7. The standard InChI is InChI=1S/C45H58N2O6/c1-29-11-4-5-24-53-28-33(16-7-14-30(2)13-6-12-29)38-26-34-17-9-21-44(52)22-20-35(39(19-10-23-48)45(34,44)42(38)51)31(3)40(49)25-32-15-8-18-36-37(32)27-41(50)47-43(36)46/h7-8,12,14-16,18,34,38-39,42-43,48,51-52H,2,6,9-11,13,17,19-28,46H2,1,3H3,(H,47,50)/b14-7+,29-12+,33-16-,35-31+/t34-,38-,39-,42-,43-,44-,45-/m1/s1. The Morgan fingerprint density at radius 1 is 1.21 bits per heavy atom. The lowest BCUT2D eigenvalue weighted by Crippen LogP contribution is -2.65. The fraction of sp³-hybridized carbons (Fsp3) is 0.556. The number of hydrogen-bond acceptors (Lipinski definition) is 7. The minimum atomic E-state index is -1.11. The normalized spacial score (nSPS) is 35.6. The summed E-state index contributed by atoms with van der Waals surface area (Å²) < 4.78 is 6.14. The number of fused-ring (bicyclic) bond motifs is 1. The molecule has 3 aliphatic carbocycles. The number of Topliss-reactive ketones (excluding diaryl/α,β-unsaturated/α-hetero) is 1. The van der Waals surface area contributed by atoms with Crippen LogP contribution >= 0.6 is 0 Å². The number of ketones is 1. The molecule has 1 aromatic rings. The second-order valence-corrected chi connectivity index (χ2v) is 16.1. The van der Waals surface area contributed by atoms with Gasteiger partial charge in [-0.25, -0.2) is 0 Å². The van der Waals surface area contributed by atoms with Crippen LogP contribution < -0.4 is 11.1 Å². The van der Waals surface area contributed by atoms with Crippen molar-refractivity contribution in [1.29, 1.82) is 0 Å². The first-order chi connectivity index (χ1) is 25.5. The molecule has 5 aliphatic rings. The SMILES string of the molecule is C=C1/C=C/C=C(\[C@H]2C[C@H]3CCC[C@@]4(O)CC/C(=C(/C)C(=O)Cc5cccc6c5CC(=O)N[C@H]6N)[C@@H](CCCO)[C@@]34[C@@H]2O)COCC#CC/C(C)=C/CC1. The molecule has 2 aliphatic heterocycles. The van der Waals surface area contributed by atoms with E-state index in [1.807, 2.05) is 37.3 Å². The summed E-state index contributed by atoms with van der Waals surface area (Å²) in [6, 6.07) is 5.69. The fourth-order valence-corrected chi connectivity index (χ4v) is 10.5. The molecule has 0 aromatic heterocycles. The smallest absolute Gasteiger partial charge is 0.225 e. The Morgan fingerprint density at radius 2 is 2.04 bits per heavy atom. The molecule has 3 saturated carbocycles. The Labute approximate surface area is 315 Å². The Kier molecular flexibility index (Phi) is 12.4. The number of aliphatic hydroxyl groups excluding tert-OH is 2. The van der Waals surface area contributed by atoms with Crippen LogP contribution in [-0.4, -0.2) is 58.5 Å². The first kappa shape index (κ1) is 39.1. The molecule has 8 heteroatoms. The van der Waals surface area contributed by atoms with Crippen LogP contribution in [0, 0.1) is 35.0 Å². The number of benzene rings is 1. The third kappa shape index (κ3) is 7.83. The van der Waals surface area contributed by atoms with Gasteiger partial charge >= 0.3 is 0 Å². The third-order valence-electron chi connectivity index (χ3n) is 13.1. The highest BCUT2D eigenvalue weighted by molar-refractivity contribution is 5.97. The van der Waals surface area contributed by atoms with Crippen molar-refractivity contribution in [3.05, 3.63) is 93.6 Å². The van der Waals surface area contributed by atoms with Crippen LogP contribution in [0.3, 0.4) is 0 Å². The molecule has 53 heavy (non-hydrogen) atoms. The van der Waals surface area contributed by atoms with E-state index in [4.69, 9.17) is 10.5 Å². The van der Waals surface area contributed by atoms with Crippen molar-refractivity contribution in [2.24, 2.45) is 28.9 Å². The summed E-state index contributed by atoms with van der Waals surface area (Å²) in [6.45, 7) is 8.82. The molecule has 6 N–H and O–H groups in total. The molecule has 8 nitrogen and oxygen atoms in total. The summed E-state index contributed by atoms with van der Waals surface area (Å²) in [7, 11) is 0. The maximum Gasteiger partial charge on any atom is 0.225 e. The van der Waals surface area contributed by atoms with Crippen LogP contribution in [0.1, 0.15) is 107 Å². The highest BCUT2D eigenvalue weighted by Crippen LogP contribution is 2.69. The second-order valence-electron chi connectivity index (χ2n) is 16.1. The quantitative estimate of drug-likeness (QED) is 0.132. The van der Waals surface area contributed by atoms with Crippen LogP contribution in [0.2, 0.25) is 0 Å². The lowest BCUT2D eigenvalue weighted by Gasteiger charge is -2.61. The average Bonchev–Trinajstić information content (AvgIpc) is 3.42. The fourth-order valence-electron chi connectivity index (χ4n) is 10.5. The van der Waals surface area contributed by atoms with Gasteiger partial charge in [0.05, 0.1) is 24.7 Å². The van der Waals surface area contributed by atoms with Gasteiger partial charge in [0, 0.05) is 30.8 Å². The Morgan fingerprint density at radius 3 is 2.85 bits per heavy atom. The van der Waals surface area contributed by atoms with Gasteiger partial charge in [0.2, 0.25) is 5.91 Å². The van der Waals surface area contributed by atoms with E-state index in [1.165, 1.54) is 5.57 Å². The first-order valence-electron chi connectivity index (χ1n) is 19.6. The van der Waals surface area contributed by atoms with Gasteiger partial charge in [-0.15, -0.1) is 0 Å². The van der Waals surface area contributed by atoms with E-state index >= 15 is 0 Å². The summed E-state index contributed by atoms with van der Waals surface area (Å²) in [6.07, 6.45) is 14.7. The molecule has 1 amide bonds. The van der Waals surface area contributed by atoms with Crippen molar-refractivity contribution in [2.45, 2.75) is 115 Å². The molecule has 284 valence electrons. The molecule has 6 rings (SSSR count). The number of allylic oxidation sites excluding steroid dienone is 8. The van der Waals surface area contributed by atoms with Gasteiger partial charge in [0.25, 0.3) is 0 Å². The largest absolute Gasteiger partial charge is 0.396 e. The van der Waals surface area contributed by atoms with Crippen LogP contribution in [-0.2, 0) is 27.2 Å². The van der Waals surface area contributed by atoms with Gasteiger partial charge < -0.3 is 31.1 Å². The lowest BCUT2D eigenvalue weighted by molar-refractivity contribution is -0.215. The highest BCUT2D eigenvalue weighted by atomic mass is 16.5. The van der Waals surface area contributed by atoms with Crippen molar-refractivity contribution < 1.29 is 29.6 Å². The highest BCUT2D eigenvalue weighted by Gasteiger charge is 2.70. The molecule has 1 aromatic carbocycles. The number of aliphatic hydroxyl groups is 3. The molecule has 0 radical (unpaired) electrons. The van der Waals surface area contributed by atoms with Crippen molar-refractivity contribution >= 4 is 11.7 Å². The van der Waals surface area contributed by atoms with Crippen molar-refractivity contribution in [3.63, 3.8) is 0 Å². The van der Waals surface area contributed by atoms with Gasteiger partial charge in [0.15, 0.2) is 5.78 Å². The number of ether oxygens (including phenoxy) is 1. The summed E-state index contributed by atoms with van der Waals surface area (Å²) in [5.74, 6) is 5.65. The number of rotatable bonds is 7. The van der Waals surface area contributed by atoms with E-state index in [-0.39, 0.29) is 55.5 Å². The van der Waals surface area contributed by atoms with Crippen molar-refractivity contribution in [2.75, 3.05) is 19.8 Å². The maximum absolute atomic E-state index is 14.3. The zero-order valence-electron chi connectivity index (χ0n) is 31.6. The Hall–Kier alpha value is -3.58. The minimum absolute atomic E-state index is 0.0162. The van der Waals surface area contributed by atoms with Gasteiger partial charge in [0.1, 0.15) is 12.8 Å². The number of hydrogen-bond donors (Lipinski definition) is 5. The number of carbonyl (C=O) groups is 2. The van der Waals surface area contributed by atoms with E-state index in [2.05, 4.69) is 42.8 Å². The zero-order valence-corrected chi connectivity index (χ0v) is 31.6. The van der Waals surface area contributed by atoms with E-state index in [1.54, 1.807) is 0 Å². The Bertz CT molecular complexity index is 1780. The monoisotopic (exact) mass is 722 g/mol. The third-order valence-corrected chi connectivity index (χ3v) is 13.1. The van der Waals surface area contributed by atoms with Crippen LogP contribution in [0.15, 0.2) is 76.9 Å². The van der Waals surface area contributed by atoms with Crippen molar-refractivity contribution in [3.8, 4) is 11.8 Å². The zero-order chi connectivity index (χ0) is 37.8. The number of nitrogens with two attached hydrogens (primary N) is 1. The van der Waals surface area contributed by atoms with E-state index in [0.29, 0.717) is 57.1 Å². The number of carbonyl (C=O) groups excluding carboxylic acids is 2. The van der Waals surface area contributed by atoms with Crippen LogP contribution in [0.4, 0.5) is 0 Å². The van der Waals surface area contributed by atoms with E-state index in [9.17, 15) is 24.9 Å². The van der Waals surface area contributed by atoms with Gasteiger partial charge in [-0.1, -0.05) is 84.1 Å². The molecule has 7 atom stereocenters. The minimum Gasteiger partial charge on any atom is -0.396 e. The maximum atomic E-state index is 14.3. The van der Waals surface area contributed by atoms with Gasteiger partial charge in [-0.05, 0) is 111 Å². The molecule has 0 saturated heterocycles. The van der Waals surface area contributed by atoms with Crippen LogP contribution in [0.25, 0.3) is 0 Å². The summed E-state index contributed by atoms with van der Waals surface area (Å²) >= 11 is 0. The molecule has 0 unspecified atom stereocenters. The first-order valence-corrected chi connectivity index (χ1v) is 19.6. The molecule has 0 bridgehead atoms. The van der Waals surface area contributed by atoms with Gasteiger partial charge in [-0.3, -0.25) is 9.59 Å². The predicted molar refractivity (Wildman–Crippen MR) is 207 cm³/mol. The number of amides is 1.